The van der Waals surface area contributed by atoms with Gasteiger partial charge in [-0.05, 0) is 87.3 Å². The highest BCUT2D eigenvalue weighted by Crippen LogP contribution is 2.38. The van der Waals surface area contributed by atoms with Crippen molar-refractivity contribution >= 4 is 0 Å². The van der Waals surface area contributed by atoms with Crippen LogP contribution in [0.25, 0.3) is 0 Å². The summed E-state index contributed by atoms with van der Waals surface area (Å²) in [6, 6.07) is 16.7. The third-order valence-electron chi connectivity index (χ3n) is 6.75. The molecule has 2 nitrogen and oxygen atoms in total. The van der Waals surface area contributed by atoms with E-state index in [4.69, 9.17) is 9.47 Å². The van der Waals surface area contributed by atoms with Crippen molar-refractivity contribution < 1.29 is 9.47 Å². The van der Waals surface area contributed by atoms with Gasteiger partial charge in [-0.25, -0.2) is 0 Å². The Kier molecular flexibility index (Phi) is 8.54. The van der Waals surface area contributed by atoms with Crippen LogP contribution in [0.5, 0.6) is 5.75 Å². The first kappa shape index (κ1) is 23.3. The highest BCUT2D eigenvalue weighted by molar-refractivity contribution is 5.46. The standard InChI is InChI=1S/C29H38O2/c1-21-10-12-27(13-11-21)20-31-28-16-14-26(15-17-28)19-30-18-8-6-7-9-29-24(4)22(2)23(3)25(29)5/h10-17,22H,6-9,18-20H2,1-5H3. The SMILES string of the molecule is CC1=C(C)C(C)C(C)=C1CCCCCOCc1ccc(OCc2ccc(C)cc2)cc1. The minimum Gasteiger partial charge on any atom is -0.489 e. The van der Waals surface area contributed by atoms with Gasteiger partial charge >= 0.3 is 0 Å². The lowest BCUT2D eigenvalue weighted by Gasteiger charge is -2.09. The second kappa shape index (κ2) is 11.3. The average Bonchev–Trinajstić information content (AvgIpc) is 2.96. The molecular weight excluding hydrogens is 380 g/mol. The van der Waals surface area contributed by atoms with Crippen molar-refractivity contribution in [3.8, 4) is 5.75 Å². The molecule has 0 spiro atoms. The van der Waals surface area contributed by atoms with E-state index in [-0.39, 0.29) is 0 Å². The maximum atomic E-state index is 5.89. The molecule has 3 rings (SSSR count). The fraction of sp³-hybridized carbons (Fsp3) is 0.448. The summed E-state index contributed by atoms with van der Waals surface area (Å²) >= 11 is 0. The minimum atomic E-state index is 0.598. The molecule has 0 amide bonds. The van der Waals surface area contributed by atoms with Gasteiger partial charge in [0.2, 0.25) is 0 Å². The number of aryl methyl sites for hydroxylation is 1. The summed E-state index contributed by atoms with van der Waals surface area (Å²) < 4.78 is 11.8. The molecule has 0 heterocycles. The highest BCUT2D eigenvalue weighted by Gasteiger charge is 2.22. The Bertz CT molecular complexity index is 901. The molecule has 1 aliphatic carbocycles. The molecule has 2 aromatic carbocycles. The number of unbranched alkanes of at least 4 members (excludes halogenated alkanes) is 2. The van der Waals surface area contributed by atoms with E-state index in [1.165, 1.54) is 41.5 Å². The molecule has 0 fully saturated rings. The molecule has 0 radical (unpaired) electrons. The normalized spacial score (nSPS) is 16.4. The Morgan fingerprint density at radius 1 is 0.710 bits per heavy atom. The van der Waals surface area contributed by atoms with Crippen molar-refractivity contribution in [2.24, 2.45) is 5.92 Å². The van der Waals surface area contributed by atoms with Gasteiger partial charge in [-0.1, -0.05) is 66.5 Å². The number of hydrogen-bond donors (Lipinski definition) is 0. The summed E-state index contributed by atoms with van der Waals surface area (Å²) in [6.07, 6.45) is 4.81. The number of hydrogen-bond acceptors (Lipinski definition) is 2. The number of ether oxygens (including phenoxy) is 2. The summed E-state index contributed by atoms with van der Waals surface area (Å²) in [6.45, 7) is 13.4. The van der Waals surface area contributed by atoms with Gasteiger partial charge in [0.1, 0.15) is 12.4 Å². The van der Waals surface area contributed by atoms with Gasteiger partial charge < -0.3 is 9.47 Å². The van der Waals surface area contributed by atoms with Gasteiger partial charge in [-0.3, -0.25) is 0 Å². The zero-order valence-electron chi connectivity index (χ0n) is 20.0. The van der Waals surface area contributed by atoms with Crippen molar-refractivity contribution in [3.05, 3.63) is 87.5 Å². The topological polar surface area (TPSA) is 18.5 Å². The Balaban J connectivity index is 1.29. The van der Waals surface area contributed by atoms with Crippen LogP contribution >= 0.6 is 0 Å². The molecule has 0 saturated carbocycles. The lowest BCUT2D eigenvalue weighted by Crippen LogP contribution is -1.98. The number of allylic oxidation sites excluding steroid dienone is 4. The maximum Gasteiger partial charge on any atom is 0.119 e. The number of rotatable bonds is 11. The first-order valence-corrected chi connectivity index (χ1v) is 11.7. The van der Waals surface area contributed by atoms with E-state index in [0.717, 1.165) is 18.8 Å². The quantitative estimate of drug-likeness (QED) is 0.345. The summed E-state index contributed by atoms with van der Waals surface area (Å²) in [5.41, 5.74) is 9.93. The minimum absolute atomic E-state index is 0.598. The van der Waals surface area contributed by atoms with Gasteiger partial charge in [0.25, 0.3) is 0 Å². The van der Waals surface area contributed by atoms with Crippen LogP contribution in [0.1, 0.15) is 70.1 Å². The van der Waals surface area contributed by atoms with Crippen LogP contribution in [0.4, 0.5) is 0 Å². The van der Waals surface area contributed by atoms with Gasteiger partial charge in [0.05, 0.1) is 6.61 Å². The Hall–Kier alpha value is -2.32. The number of benzene rings is 2. The monoisotopic (exact) mass is 418 g/mol. The van der Waals surface area contributed by atoms with Gasteiger partial charge in [-0.2, -0.15) is 0 Å². The predicted octanol–water partition coefficient (Wildman–Crippen LogP) is 7.95. The second-order valence-corrected chi connectivity index (χ2v) is 8.97. The van der Waals surface area contributed by atoms with Crippen molar-refractivity contribution in [2.45, 2.75) is 73.5 Å². The molecule has 31 heavy (non-hydrogen) atoms. The van der Waals surface area contributed by atoms with Gasteiger partial charge in [0.15, 0.2) is 0 Å². The second-order valence-electron chi connectivity index (χ2n) is 8.97. The predicted molar refractivity (Wildman–Crippen MR) is 130 cm³/mol. The van der Waals surface area contributed by atoms with Crippen LogP contribution in [-0.4, -0.2) is 6.61 Å². The lowest BCUT2D eigenvalue weighted by atomic mass is 9.98. The summed E-state index contributed by atoms with van der Waals surface area (Å²) in [5, 5.41) is 0. The zero-order valence-corrected chi connectivity index (χ0v) is 20.0. The van der Waals surface area contributed by atoms with E-state index in [1.54, 1.807) is 16.7 Å². The third-order valence-corrected chi connectivity index (χ3v) is 6.75. The van der Waals surface area contributed by atoms with E-state index in [0.29, 0.717) is 19.1 Å². The van der Waals surface area contributed by atoms with Gasteiger partial charge in [0, 0.05) is 6.61 Å². The molecule has 1 aliphatic rings. The summed E-state index contributed by atoms with van der Waals surface area (Å²) in [5.74, 6) is 1.53. The molecule has 0 aromatic heterocycles. The first-order chi connectivity index (χ1) is 15.0. The molecule has 166 valence electrons. The average molecular weight is 419 g/mol. The van der Waals surface area contributed by atoms with E-state index >= 15 is 0 Å². The first-order valence-electron chi connectivity index (χ1n) is 11.7. The summed E-state index contributed by atoms with van der Waals surface area (Å²) in [4.78, 5) is 0. The molecule has 0 N–H and O–H groups in total. The van der Waals surface area contributed by atoms with E-state index in [2.05, 4.69) is 71.0 Å². The zero-order chi connectivity index (χ0) is 22.2. The van der Waals surface area contributed by atoms with E-state index < -0.39 is 0 Å². The van der Waals surface area contributed by atoms with E-state index in [9.17, 15) is 0 Å². The van der Waals surface area contributed by atoms with E-state index in [1.807, 2.05) is 12.1 Å². The van der Waals surface area contributed by atoms with Crippen LogP contribution in [0.3, 0.4) is 0 Å². The molecule has 0 aliphatic heterocycles. The Morgan fingerprint density at radius 3 is 2.00 bits per heavy atom. The van der Waals surface area contributed by atoms with Crippen LogP contribution in [0, 0.1) is 12.8 Å². The molecule has 2 aromatic rings. The van der Waals surface area contributed by atoms with Crippen LogP contribution < -0.4 is 4.74 Å². The highest BCUT2D eigenvalue weighted by atomic mass is 16.5. The smallest absolute Gasteiger partial charge is 0.119 e. The molecule has 1 atom stereocenters. The molecule has 0 saturated heterocycles. The largest absolute Gasteiger partial charge is 0.489 e. The van der Waals surface area contributed by atoms with Crippen LogP contribution in [-0.2, 0) is 18.0 Å². The van der Waals surface area contributed by atoms with Gasteiger partial charge in [-0.15, -0.1) is 0 Å². The van der Waals surface area contributed by atoms with Crippen LogP contribution in [0.2, 0.25) is 0 Å². The third kappa shape index (κ3) is 6.58. The van der Waals surface area contributed by atoms with Crippen LogP contribution in [0.15, 0.2) is 70.8 Å². The maximum absolute atomic E-state index is 5.89. The Morgan fingerprint density at radius 2 is 1.35 bits per heavy atom. The van der Waals surface area contributed by atoms with Crippen molar-refractivity contribution in [1.82, 2.24) is 0 Å². The van der Waals surface area contributed by atoms with Crippen molar-refractivity contribution in [2.75, 3.05) is 6.61 Å². The summed E-state index contributed by atoms with van der Waals surface area (Å²) in [7, 11) is 0. The molecular formula is C29H38O2. The Labute approximate surface area is 189 Å². The lowest BCUT2D eigenvalue weighted by molar-refractivity contribution is 0.117. The fourth-order valence-corrected chi connectivity index (χ4v) is 4.23. The molecule has 1 unspecified atom stereocenters. The molecule has 0 bridgehead atoms. The fourth-order valence-electron chi connectivity index (χ4n) is 4.23. The van der Waals surface area contributed by atoms with Crippen molar-refractivity contribution in [1.29, 1.82) is 0 Å². The van der Waals surface area contributed by atoms with Crippen molar-refractivity contribution in [3.63, 3.8) is 0 Å². The molecule has 2 heteroatoms.